The van der Waals surface area contributed by atoms with E-state index in [0.29, 0.717) is 17.2 Å². The van der Waals surface area contributed by atoms with Crippen LogP contribution in [-0.2, 0) is 10.5 Å². The number of aliphatic carboxylic acids is 1. The number of aliphatic imine (C=N–C) groups is 1. The van der Waals surface area contributed by atoms with Gasteiger partial charge in [-0.2, -0.15) is 0 Å². The zero-order chi connectivity index (χ0) is 19.2. The van der Waals surface area contributed by atoms with Gasteiger partial charge >= 0.3 is 5.97 Å². The van der Waals surface area contributed by atoms with Crippen molar-refractivity contribution >= 4 is 34.0 Å². The van der Waals surface area contributed by atoms with E-state index in [1.807, 2.05) is 48.5 Å². The van der Waals surface area contributed by atoms with E-state index in [1.165, 1.54) is 12.8 Å². The lowest BCUT2D eigenvalue weighted by atomic mass is 10.0. The molecule has 4 nitrogen and oxygen atoms in total. The van der Waals surface area contributed by atoms with E-state index in [2.05, 4.69) is 0 Å². The normalized spacial score (nSPS) is 14.9. The van der Waals surface area contributed by atoms with E-state index in [1.54, 1.807) is 31.9 Å². The highest BCUT2D eigenvalue weighted by atomic mass is 32.2. The summed E-state index contributed by atoms with van der Waals surface area (Å²) in [7, 11) is 1.65. The Morgan fingerprint density at radius 1 is 1.22 bits per heavy atom. The average molecular weight is 381 g/mol. The molecule has 0 aliphatic heterocycles. The van der Waals surface area contributed by atoms with Gasteiger partial charge in [-0.05, 0) is 55.2 Å². The number of hydrogen-bond donors (Lipinski definition) is 1. The molecular weight excluding hydrogens is 358 g/mol. The van der Waals surface area contributed by atoms with Crippen LogP contribution in [0.3, 0.4) is 0 Å². The predicted octanol–water partition coefficient (Wildman–Crippen LogP) is 5.56. The summed E-state index contributed by atoms with van der Waals surface area (Å²) in [6.45, 7) is 1.76. The third kappa shape index (κ3) is 5.01. The zero-order valence-electron chi connectivity index (χ0n) is 15.5. The maximum atomic E-state index is 11.5. The summed E-state index contributed by atoms with van der Waals surface area (Å²) in [6.07, 6.45) is 3.98. The first kappa shape index (κ1) is 19.2. The Hall–Kier alpha value is -2.53. The first-order valence-electron chi connectivity index (χ1n) is 8.95. The molecule has 0 unspecified atom stereocenters. The molecule has 3 rings (SSSR count). The van der Waals surface area contributed by atoms with Crippen LogP contribution in [0, 0.1) is 5.92 Å². The molecule has 0 aromatic heterocycles. The standard InChI is InChI=1S/C22H23NO3S/c1-3-19(22(24)25)20-7-5-4-6-16(20)14-27-21(15-8-9-15)23-17-10-12-18(26-2)13-11-17/h3-7,10-13,15H,8-9,14H2,1-2H3,(H,24,25). The van der Waals surface area contributed by atoms with Gasteiger partial charge in [0.2, 0.25) is 0 Å². The molecule has 0 atom stereocenters. The second-order valence-corrected chi connectivity index (χ2v) is 7.37. The maximum absolute atomic E-state index is 11.5. The summed E-state index contributed by atoms with van der Waals surface area (Å²) in [6, 6.07) is 15.4. The fourth-order valence-corrected chi connectivity index (χ4v) is 4.01. The van der Waals surface area contributed by atoms with Crippen LogP contribution >= 0.6 is 11.8 Å². The van der Waals surface area contributed by atoms with Crippen molar-refractivity contribution in [1.82, 2.24) is 0 Å². The number of rotatable bonds is 7. The highest BCUT2D eigenvalue weighted by Gasteiger charge is 2.28. The molecule has 0 spiro atoms. The summed E-state index contributed by atoms with van der Waals surface area (Å²) in [5.74, 6) is 1.14. The number of carboxylic acid groups (broad SMARTS) is 1. The third-order valence-corrected chi connectivity index (χ3v) is 5.62. The predicted molar refractivity (Wildman–Crippen MR) is 112 cm³/mol. The molecule has 0 radical (unpaired) electrons. The molecule has 0 bridgehead atoms. The van der Waals surface area contributed by atoms with E-state index in [-0.39, 0.29) is 0 Å². The van der Waals surface area contributed by atoms with Crippen molar-refractivity contribution in [1.29, 1.82) is 0 Å². The molecular formula is C22H23NO3S. The Morgan fingerprint density at radius 3 is 2.52 bits per heavy atom. The van der Waals surface area contributed by atoms with Crippen LogP contribution in [0.15, 0.2) is 59.6 Å². The molecule has 0 amide bonds. The van der Waals surface area contributed by atoms with E-state index < -0.39 is 5.97 Å². The number of thioether (sulfide) groups is 1. The number of allylic oxidation sites excluding steroid dienone is 1. The minimum Gasteiger partial charge on any atom is -0.497 e. The van der Waals surface area contributed by atoms with Gasteiger partial charge in [-0.1, -0.05) is 30.3 Å². The molecule has 1 fully saturated rings. The van der Waals surface area contributed by atoms with Crippen molar-refractivity contribution in [2.24, 2.45) is 10.9 Å². The van der Waals surface area contributed by atoms with Gasteiger partial charge in [0.25, 0.3) is 0 Å². The van der Waals surface area contributed by atoms with Gasteiger partial charge in [0.05, 0.1) is 23.4 Å². The van der Waals surface area contributed by atoms with Crippen molar-refractivity contribution in [2.75, 3.05) is 7.11 Å². The molecule has 27 heavy (non-hydrogen) atoms. The van der Waals surface area contributed by atoms with Crippen molar-refractivity contribution in [3.63, 3.8) is 0 Å². The number of methoxy groups -OCH3 is 1. The molecule has 1 N–H and O–H groups in total. The molecule has 5 heteroatoms. The van der Waals surface area contributed by atoms with Crippen LogP contribution in [0.4, 0.5) is 5.69 Å². The van der Waals surface area contributed by atoms with Gasteiger partial charge in [-0.15, -0.1) is 11.8 Å². The number of benzene rings is 2. The topological polar surface area (TPSA) is 58.9 Å². The van der Waals surface area contributed by atoms with Gasteiger partial charge in [-0.25, -0.2) is 9.79 Å². The zero-order valence-corrected chi connectivity index (χ0v) is 16.3. The Bertz CT molecular complexity index is 867. The summed E-state index contributed by atoms with van der Waals surface area (Å²) in [5.41, 5.74) is 3.05. The van der Waals surface area contributed by atoms with Gasteiger partial charge in [-0.3, -0.25) is 0 Å². The third-order valence-electron chi connectivity index (χ3n) is 4.44. The first-order valence-corrected chi connectivity index (χ1v) is 9.94. The number of nitrogens with zero attached hydrogens (tertiary/aromatic N) is 1. The number of hydrogen-bond acceptors (Lipinski definition) is 4. The van der Waals surface area contributed by atoms with Gasteiger partial charge in [0.1, 0.15) is 5.75 Å². The van der Waals surface area contributed by atoms with Gasteiger partial charge < -0.3 is 9.84 Å². The summed E-state index contributed by atoms with van der Waals surface area (Å²) >= 11 is 1.70. The van der Waals surface area contributed by atoms with Crippen LogP contribution in [-0.4, -0.2) is 23.2 Å². The Morgan fingerprint density at radius 2 is 1.93 bits per heavy atom. The van der Waals surface area contributed by atoms with Crippen molar-refractivity contribution in [3.8, 4) is 5.75 Å². The van der Waals surface area contributed by atoms with E-state index in [9.17, 15) is 9.90 Å². The molecule has 0 saturated heterocycles. The second-order valence-electron chi connectivity index (χ2n) is 6.38. The van der Waals surface area contributed by atoms with Crippen molar-refractivity contribution in [2.45, 2.75) is 25.5 Å². The number of ether oxygens (including phenoxy) is 1. The van der Waals surface area contributed by atoms with Crippen LogP contribution in [0.1, 0.15) is 30.9 Å². The van der Waals surface area contributed by atoms with E-state index >= 15 is 0 Å². The van der Waals surface area contributed by atoms with Gasteiger partial charge in [0.15, 0.2) is 0 Å². The molecule has 2 aromatic carbocycles. The van der Waals surface area contributed by atoms with Crippen molar-refractivity contribution in [3.05, 3.63) is 65.7 Å². The molecule has 1 aliphatic carbocycles. The average Bonchev–Trinajstić information content (AvgIpc) is 3.52. The highest BCUT2D eigenvalue weighted by Crippen LogP contribution is 2.38. The molecule has 0 heterocycles. The maximum Gasteiger partial charge on any atom is 0.335 e. The van der Waals surface area contributed by atoms with Crippen LogP contribution in [0.5, 0.6) is 5.75 Å². The lowest BCUT2D eigenvalue weighted by molar-refractivity contribution is -0.130. The number of carboxylic acids is 1. The smallest absolute Gasteiger partial charge is 0.335 e. The monoisotopic (exact) mass is 381 g/mol. The lowest BCUT2D eigenvalue weighted by Crippen LogP contribution is -2.03. The Balaban J connectivity index is 1.79. The minimum atomic E-state index is -0.899. The quantitative estimate of drug-likeness (QED) is 0.388. The summed E-state index contributed by atoms with van der Waals surface area (Å²) < 4.78 is 5.20. The number of carbonyl (C=O) groups is 1. The van der Waals surface area contributed by atoms with Crippen LogP contribution in [0.2, 0.25) is 0 Å². The van der Waals surface area contributed by atoms with Crippen molar-refractivity contribution < 1.29 is 14.6 Å². The first-order chi connectivity index (χ1) is 13.1. The van der Waals surface area contributed by atoms with Crippen LogP contribution in [0.25, 0.3) is 5.57 Å². The summed E-state index contributed by atoms with van der Waals surface area (Å²) in [5, 5.41) is 10.6. The van der Waals surface area contributed by atoms with Crippen LogP contribution < -0.4 is 4.74 Å². The largest absolute Gasteiger partial charge is 0.497 e. The SMILES string of the molecule is CC=C(C(=O)O)c1ccccc1CSC(=Nc1ccc(OC)cc1)C1CC1. The lowest BCUT2D eigenvalue weighted by Gasteiger charge is -2.11. The highest BCUT2D eigenvalue weighted by molar-refractivity contribution is 8.13. The fourth-order valence-electron chi connectivity index (χ4n) is 2.81. The Labute approximate surface area is 164 Å². The van der Waals surface area contributed by atoms with Gasteiger partial charge in [0, 0.05) is 11.7 Å². The second kappa shape index (κ2) is 8.91. The minimum absolute atomic E-state index is 0.339. The molecule has 1 aliphatic rings. The fraction of sp³-hybridized carbons (Fsp3) is 0.273. The Kier molecular flexibility index (Phi) is 6.35. The summed E-state index contributed by atoms with van der Waals surface area (Å²) in [4.78, 5) is 16.4. The van der Waals surface area contributed by atoms with E-state index in [4.69, 9.17) is 9.73 Å². The van der Waals surface area contributed by atoms with E-state index in [0.717, 1.165) is 27.6 Å². The molecule has 1 saturated carbocycles. The molecule has 140 valence electrons. The molecule has 2 aromatic rings.